The summed E-state index contributed by atoms with van der Waals surface area (Å²) in [6.45, 7) is 0. The summed E-state index contributed by atoms with van der Waals surface area (Å²) in [7, 11) is 0. The highest BCUT2D eigenvalue weighted by molar-refractivity contribution is 6.03. The van der Waals surface area contributed by atoms with Gasteiger partial charge < -0.3 is 5.11 Å². The van der Waals surface area contributed by atoms with Crippen LogP contribution in [0.5, 0.6) is 5.75 Å². The SMILES string of the molecule is Oc1cccc(-c2c(-c3ccccc3C(F)(F)F)cnc3c(C(F)(F)F)cccc23)c1. The van der Waals surface area contributed by atoms with Gasteiger partial charge in [-0.3, -0.25) is 4.98 Å². The largest absolute Gasteiger partial charge is 0.508 e. The fourth-order valence-corrected chi connectivity index (χ4v) is 3.59. The zero-order chi connectivity index (χ0) is 22.4. The Morgan fingerprint density at radius 3 is 2.00 bits per heavy atom. The molecule has 0 aliphatic rings. The summed E-state index contributed by atoms with van der Waals surface area (Å²) in [4.78, 5) is 3.91. The normalized spacial score (nSPS) is 12.3. The molecule has 0 radical (unpaired) electrons. The number of rotatable bonds is 2. The molecule has 0 aliphatic carbocycles. The van der Waals surface area contributed by atoms with Crippen LogP contribution < -0.4 is 0 Å². The maximum Gasteiger partial charge on any atom is 0.418 e. The molecule has 4 aromatic rings. The van der Waals surface area contributed by atoms with Crippen LogP contribution >= 0.6 is 0 Å². The van der Waals surface area contributed by atoms with E-state index >= 15 is 0 Å². The van der Waals surface area contributed by atoms with Crippen molar-refractivity contribution in [2.45, 2.75) is 12.4 Å². The second-order valence-electron chi connectivity index (χ2n) is 6.84. The molecule has 0 bridgehead atoms. The first-order valence-corrected chi connectivity index (χ1v) is 9.02. The van der Waals surface area contributed by atoms with Crippen LogP contribution in [0.15, 0.2) is 72.9 Å². The Morgan fingerprint density at radius 2 is 1.32 bits per heavy atom. The molecular weight excluding hydrogens is 420 g/mol. The van der Waals surface area contributed by atoms with E-state index in [9.17, 15) is 31.4 Å². The Hall–Kier alpha value is -3.55. The van der Waals surface area contributed by atoms with Crippen molar-refractivity contribution in [2.75, 3.05) is 0 Å². The van der Waals surface area contributed by atoms with Gasteiger partial charge in [0, 0.05) is 22.7 Å². The number of phenolic OH excluding ortho intramolecular Hbond substituents is 1. The molecule has 158 valence electrons. The lowest BCUT2D eigenvalue weighted by Gasteiger charge is -2.19. The van der Waals surface area contributed by atoms with Crippen molar-refractivity contribution in [3.05, 3.63) is 84.1 Å². The molecule has 0 spiro atoms. The molecule has 2 nitrogen and oxygen atoms in total. The molecule has 31 heavy (non-hydrogen) atoms. The molecule has 0 fully saturated rings. The van der Waals surface area contributed by atoms with Gasteiger partial charge in [-0.15, -0.1) is 0 Å². The predicted octanol–water partition coefficient (Wildman–Crippen LogP) is 7.31. The lowest BCUT2D eigenvalue weighted by molar-refractivity contribution is -0.137. The molecule has 1 aromatic heterocycles. The summed E-state index contributed by atoms with van der Waals surface area (Å²) < 4.78 is 81.6. The van der Waals surface area contributed by atoms with Gasteiger partial charge in [0.05, 0.1) is 16.6 Å². The monoisotopic (exact) mass is 433 g/mol. The van der Waals surface area contributed by atoms with Crippen LogP contribution in [0.3, 0.4) is 0 Å². The summed E-state index contributed by atoms with van der Waals surface area (Å²) >= 11 is 0. The van der Waals surface area contributed by atoms with Crippen LogP contribution in [0, 0.1) is 0 Å². The highest BCUT2D eigenvalue weighted by Crippen LogP contribution is 2.45. The summed E-state index contributed by atoms with van der Waals surface area (Å²) in [6.07, 6.45) is -8.37. The van der Waals surface area contributed by atoms with E-state index in [1.165, 1.54) is 54.6 Å². The van der Waals surface area contributed by atoms with E-state index in [1.54, 1.807) is 0 Å². The van der Waals surface area contributed by atoms with Gasteiger partial charge in [0.15, 0.2) is 0 Å². The number of hydrogen-bond acceptors (Lipinski definition) is 2. The molecule has 4 rings (SSSR count). The molecular formula is C23H13F6NO. The highest BCUT2D eigenvalue weighted by atomic mass is 19.4. The minimum Gasteiger partial charge on any atom is -0.508 e. The van der Waals surface area contributed by atoms with Gasteiger partial charge in [-0.1, -0.05) is 42.5 Å². The van der Waals surface area contributed by atoms with Crippen molar-refractivity contribution in [3.8, 4) is 28.0 Å². The van der Waals surface area contributed by atoms with Gasteiger partial charge in [-0.25, -0.2) is 0 Å². The van der Waals surface area contributed by atoms with Gasteiger partial charge in [-0.2, -0.15) is 26.3 Å². The molecule has 0 saturated carbocycles. The zero-order valence-electron chi connectivity index (χ0n) is 15.6. The smallest absolute Gasteiger partial charge is 0.418 e. The third kappa shape index (κ3) is 3.81. The van der Waals surface area contributed by atoms with E-state index in [2.05, 4.69) is 4.98 Å². The fourth-order valence-electron chi connectivity index (χ4n) is 3.59. The second kappa shape index (κ2) is 7.30. The zero-order valence-corrected chi connectivity index (χ0v) is 15.6. The number of fused-ring (bicyclic) bond motifs is 1. The number of alkyl halides is 6. The van der Waals surface area contributed by atoms with E-state index in [0.717, 1.165) is 18.3 Å². The number of para-hydroxylation sites is 1. The number of aromatic nitrogens is 1. The minimum atomic E-state index is -4.70. The van der Waals surface area contributed by atoms with Crippen LogP contribution in [-0.2, 0) is 12.4 Å². The standard InChI is InChI=1S/C23H13F6NO/c24-22(25,26)18-9-2-1-7-15(18)17-12-30-21-16(8-4-10-19(21)23(27,28)29)20(17)13-5-3-6-14(31)11-13/h1-12,31H. The molecule has 0 aliphatic heterocycles. The predicted molar refractivity (Wildman–Crippen MR) is 104 cm³/mol. The summed E-state index contributed by atoms with van der Waals surface area (Å²) in [5.74, 6) is -0.176. The quantitative estimate of drug-likeness (QED) is 0.336. The Kier molecular flexibility index (Phi) is 4.88. The van der Waals surface area contributed by atoms with E-state index in [4.69, 9.17) is 0 Å². The molecule has 1 N–H and O–H groups in total. The van der Waals surface area contributed by atoms with Crippen molar-refractivity contribution in [3.63, 3.8) is 0 Å². The number of hydrogen-bond donors (Lipinski definition) is 1. The number of nitrogens with zero attached hydrogens (tertiary/aromatic N) is 1. The molecule has 8 heteroatoms. The van der Waals surface area contributed by atoms with Gasteiger partial charge >= 0.3 is 12.4 Å². The van der Waals surface area contributed by atoms with Gasteiger partial charge in [0.1, 0.15) is 5.75 Å². The average molecular weight is 433 g/mol. The molecule has 0 saturated heterocycles. The third-order valence-corrected chi connectivity index (χ3v) is 4.86. The van der Waals surface area contributed by atoms with Crippen LogP contribution in [0.4, 0.5) is 26.3 Å². The Bertz CT molecular complexity index is 1280. The van der Waals surface area contributed by atoms with Crippen LogP contribution in [0.25, 0.3) is 33.2 Å². The van der Waals surface area contributed by atoms with Crippen molar-refractivity contribution in [1.82, 2.24) is 4.98 Å². The van der Waals surface area contributed by atoms with Crippen LogP contribution in [0.1, 0.15) is 11.1 Å². The Labute approximate surface area is 172 Å². The summed E-state index contributed by atoms with van der Waals surface area (Å²) in [5, 5.41) is 9.92. The Morgan fingerprint density at radius 1 is 0.677 bits per heavy atom. The van der Waals surface area contributed by atoms with E-state index in [-0.39, 0.29) is 38.9 Å². The first kappa shape index (κ1) is 20.7. The first-order valence-electron chi connectivity index (χ1n) is 9.02. The van der Waals surface area contributed by atoms with Gasteiger partial charge in [0.2, 0.25) is 0 Å². The lowest BCUT2D eigenvalue weighted by Crippen LogP contribution is -2.09. The highest BCUT2D eigenvalue weighted by Gasteiger charge is 2.36. The molecule has 0 atom stereocenters. The maximum absolute atomic E-state index is 13.7. The van der Waals surface area contributed by atoms with E-state index in [1.807, 2.05) is 0 Å². The number of benzene rings is 3. The number of pyridine rings is 1. The van der Waals surface area contributed by atoms with Crippen LogP contribution in [0.2, 0.25) is 0 Å². The maximum atomic E-state index is 13.7. The van der Waals surface area contributed by atoms with Gasteiger partial charge in [-0.05, 0) is 35.4 Å². The summed E-state index contributed by atoms with van der Waals surface area (Å²) in [6, 6.07) is 13.8. The minimum absolute atomic E-state index is 0.00495. The molecule has 0 unspecified atom stereocenters. The van der Waals surface area contributed by atoms with Crippen molar-refractivity contribution in [2.24, 2.45) is 0 Å². The molecule has 3 aromatic carbocycles. The average Bonchev–Trinajstić information content (AvgIpc) is 2.71. The summed E-state index contributed by atoms with van der Waals surface area (Å²) in [5.41, 5.74) is -2.17. The number of halogens is 6. The first-order chi connectivity index (χ1) is 14.6. The Balaban J connectivity index is 2.15. The topological polar surface area (TPSA) is 33.1 Å². The fraction of sp³-hybridized carbons (Fsp3) is 0.0870. The number of phenols is 1. The van der Waals surface area contributed by atoms with E-state index < -0.39 is 23.5 Å². The number of aromatic hydroxyl groups is 1. The molecule has 0 amide bonds. The third-order valence-electron chi connectivity index (χ3n) is 4.86. The lowest BCUT2D eigenvalue weighted by atomic mass is 9.89. The van der Waals surface area contributed by atoms with Crippen molar-refractivity contribution < 1.29 is 31.4 Å². The second-order valence-corrected chi connectivity index (χ2v) is 6.84. The van der Waals surface area contributed by atoms with Crippen LogP contribution in [-0.4, -0.2) is 10.1 Å². The van der Waals surface area contributed by atoms with E-state index in [0.29, 0.717) is 0 Å². The van der Waals surface area contributed by atoms with Crippen molar-refractivity contribution >= 4 is 10.9 Å². The van der Waals surface area contributed by atoms with Crippen molar-refractivity contribution in [1.29, 1.82) is 0 Å². The molecule has 1 heterocycles. The van der Waals surface area contributed by atoms with Gasteiger partial charge in [0.25, 0.3) is 0 Å².